The van der Waals surface area contributed by atoms with Gasteiger partial charge in [0.05, 0.1) is 24.0 Å². The van der Waals surface area contributed by atoms with Crippen LogP contribution in [0.3, 0.4) is 0 Å². The van der Waals surface area contributed by atoms with Gasteiger partial charge in [0.15, 0.2) is 5.82 Å². The van der Waals surface area contributed by atoms with Crippen LogP contribution in [0.25, 0.3) is 22.2 Å². The number of fused-ring (bicyclic) bond motifs is 1. The Kier molecular flexibility index (Phi) is 4.58. The zero-order chi connectivity index (χ0) is 20.0. The smallest absolute Gasteiger partial charge is 0.151 e. The fourth-order valence-electron chi connectivity index (χ4n) is 4.28. The molecule has 3 heterocycles. The minimum Gasteiger partial charge on any atom is -0.393 e. The van der Waals surface area contributed by atoms with Crippen molar-refractivity contribution in [3.63, 3.8) is 0 Å². The highest BCUT2D eigenvalue weighted by atomic mass is 16.3. The number of aromatic nitrogens is 5. The number of pyridine rings is 1. The average Bonchev–Trinajstić information content (AvgIpc) is 3.30. The van der Waals surface area contributed by atoms with Crippen molar-refractivity contribution in [1.29, 1.82) is 0 Å². The first-order valence-electron chi connectivity index (χ1n) is 10.6. The molecule has 3 aromatic rings. The maximum atomic E-state index is 9.87. The van der Waals surface area contributed by atoms with Crippen molar-refractivity contribution in [2.24, 2.45) is 0 Å². The van der Waals surface area contributed by atoms with Crippen molar-refractivity contribution in [3.05, 3.63) is 24.3 Å². The number of nitrogens with zero attached hydrogens (tertiary/aromatic N) is 5. The van der Waals surface area contributed by atoms with E-state index in [1.807, 2.05) is 10.9 Å². The summed E-state index contributed by atoms with van der Waals surface area (Å²) in [7, 11) is 0. The molecule has 4 N–H and O–H groups in total. The number of aliphatic hydroxyl groups is 1. The second kappa shape index (κ2) is 7.26. The summed E-state index contributed by atoms with van der Waals surface area (Å²) in [6.45, 7) is 2.06. The molecule has 0 amide bonds. The number of hydrogen-bond acceptors (Lipinski definition) is 7. The molecule has 8 heteroatoms. The second-order valence-electron chi connectivity index (χ2n) is 8.23. The van der Waals surface area contributed by atoms with Gasteiger partial charge in [-0.1, -0.05) is 6.92 Å². The van der Waals surface area contributed by atoms with Crippen molar-refractivity contribution < 1.29 is 5.11 Å². The second-order valence-corrected chi connectivity index (χ2v) is 8.23. The average molecular weight is 393 g/mol. The van der Waals surface area contributed by atoms with Gasteiger partial charge in [-0.25, -0.2) is 15.0 Å². The highest BCUT2D eigenvalue weighted by molar-refractivity contribution is 5.96. The summed E-state index contributed by atoms with van der Waals surface area (Å²) >= 11 is 0. The first-order valence-corrected chi connectivity index (χ1v) is 10.6. The SMILES string of the molecule is CCc1nc2c(N)ncc(-c3cnn(C4CCC4)c3)c2nc1NC1CCC(O)C1. The van der Waals surface area contributed by atoms with Crippen LogP contribution in [0.5, 0.6) is 0 Å². The van der Waals surface area contributed by atoms with Crippen molar-refractivity contribution in [1.82, 2.24) is 24.7 Å². The fraction of sp³-hybridized carbons (Fsp3) is 0.524. The molecule has 0 saturated heterocycles. The van der Waals surface area contributed by atoms with E-state index >= 15 is 0 Å². The van der Waals surface area contributed by atoms with E-state index in [0.29, 0.717) is 17.4 Å². The number of aliphatic hydroxyl groups excluding tert-OH is 1. The molecular formula is C21H27N7O. The van der Waals surface area contributed by atoms with Crippen LogP contribution in [-0.4, -0.2) is 42.0 Å². The Bertz CT molecular complexity index is 1040. The van der Waals surface area contributed by atoms with Crippen molar-refractivity contribution >= 4 is 22.7 Å². The summed E-state index contributed by atoms with van der Waals surface area (Å²) in [6.07, 6.45) is 12.3. The maximum absolute atomic E-state index is 9.87. The molecule has 0 radical (unpaired) electrons. The summed E-state index contributed by atoms with van der Waals surface area (Å²) in [5, 5.41) is 17.9. The minimum absolute atomic E-state index is 0.214. The van der Waals surface area contributed by atoms with Crippen molar-refractivity contribution in [2.75, 3.05) is 11.1 Å². The molecule has 152 valence electrons. The number of aryl methyl sites for hydroxylation is 1. The zero-order valence-corrected chi connectivity index (χ0v) is 16.7. The van der Waals surface area contributed by atoms with Gasteiger partial charge in [0.25, 0.3) is 0 Å². The van der Waals surface area contributed by atoms with Gasteiger partial charge in [0, 0.05) is 29.6 Å². The molecule has 0 aliphatic heterocycles. The zero-order valence-electron chi connectivity index (χ0n) is 16.7. The van der Waals surface area contributed by atoms with E-state index in [1.54, 1.807) is 6.20 Å². The van der Waals surface area contributed by atoms with E-state index in [9.17, 15) is 5.11 Å². The standard InChI is InChI=1S/C21H27N7O/c1-2-17-21(25-13-6-7-15(29)8-13)27-18-16(10-23-20(22)19(18)26-17)12-9-24-28(11-12)14-4-3-5-14/h9-11,13-15,29H,2-8H2,1H3,(H2,22,23)(H,25,27). The largest absolute Gasteiger partial charge is 0.393 e. The van der Waals surface area contributed by atoms with E-state index < -0.39 is 0 Å². The first-order chi connectivity index (χ1) is 14.1. The lowest BCUT2D eigenvalue weighted by Crippen LogP contribution is -2.19. The predicted molar refractivity (Wildman–Crippen MR) is 113 cm³/mol. The van der Waals surface area contributed by atoms with E-state index in [4.69, 9.17) is 15.7 Å². The molecule has 29 heavy (non-hydrogen) atoms. The highest BCUT2D eigenvalue weighted by Crippen LogP contribution is 2.35. The summed E-state index contributed by atoms with van der Waals surface area (Å²) in [6, 6.07) is 0.714. The summed E-state index contributed by atoms with van der Waals surface area (Å²) in [5.41, 5.74) is 10.3. The van der Waals surface area contributed by atoms with Crippen LogP contribution in [0.15, 0.2) is 18.6 Å². The Hall–Kier alpha value is -2.74. The predicted octanol–water partition coefficient (Wildman–Crippen LogP) is 3.08. The normalized spacial score (nSPS) is 22.1. The Balaban J connectivity index is 1.58. The quantitative estimate of drug-likeness (QED) is 0.610. The molecule has 3 aromatic heterocycles. The molecule has 2 fully saturated rings. The monoisotopic (exact) mass is 393 g/mol. The third kappa shape index (κ3) is 3.31. The van der Waals surface area contributed by atoms with Crippen LogP contribution in [0.4, 0.5) is 11.6 Å². The van der Waals surface area contributed by atoms with Crippen LogP contribution in [0.2, 0.25) is 0 Å². The Morgan fingerprint density at radius 3 is 2.72 bits per heavy atom. The Morgan fingerprint density at radius 1 is 1.17 bits per heavy atom. The Labute approximate surface area is 169 Å². The van der Waals surface area contributed by atoms with E-state index in [0.717, 1.165) is 53.8 Å². The van der Waals surface area contributed by atoms with Crippen LogP contribution in [0.1, 0.15) is 57.2 Å². The molecule has 5 rings (SSSR count). The molecular weight excluding hydrogens is 366 g/mol. The highest BCUT2D eigenvalue weighted by Gasteiger charge is 2.25. The molecule has 2 atom stereocenters. The molecule has 2 saturated carbocycles. The van der Waals surface area contributed by atoms with Gasteiger partial charge in [-0.05, 0) is 44.9 Å². The van der Waals surface area contributed by atoms with Gasteiger partial charge in [0.1, 0.15) is 16.9 Å². The Morgan fingerprint density at radius 2 is 2.03 bits per heavy atom. The van der Waals surface area contributed by atoms with Gasteiger partial charge >= 0.3 is 0 Å². The maximum Gasteiger partial charge on any atom is 0.151 e. The lowest BCUT2D eigenvalue weighted by molar-refractivity contribution is 0.182. The van der Waals surface area contributed by atoms with Crippen LogP contribution >= 0.6 is 0 Å². The topological polar surface area (TPSA) is 115 Å². The molecule has 2 aliphatic carbocycles. The molecule has 0 aromatic carbocycles. The van der Waals surface area contributed by atoms with Gasteiger partial charge < -0.3 is 16.2 Å². The number of nitrogens with one attached hydrogen (secondary N) is 1. The van der Waals surface area contributed by atoms with Crippen LogP contribution < -0.4 is 11.1 Å². The molecule has 2 unspecified atom stereocenters. The number of nitrogen functional groups attached to an aromatic ring is 1. The third-order valence-corrected chi connectivity index (χ3v) is 6.24. The van der Waals surface area contributed by atoms with Gasteiger partial charge in [0.2, 0.25) is 0 Å². The van der Waals surface area contributed by atoms with Crippen molar-refractivity contribution in [3.8, 4) is 11.1 Å². The van der Waals surface area contributed by atoms with E-state index in [2.05, 4.69) is 28.5 Å². The number of rotatable bonds is 5. The molecule has 2 aliphatic rings. The lowest BCUT2D eigenvalue weighted by atomic mass is 9.93. The number of nitrogens with two attached hydrogens (primary N) is 1. The third-order valence-electron chi connectivity index (χ3n) is 6.24. The van der Waals surface area contributed by atoms with Crippen molar-refractivity contribution in [2.45, 2.75) is 70.1 Å². The van der Waals surface area contributed by atoms with Gasteiger partial charge in [-0.3, -0.25) is 4.68 Å². The fourth-order valence-corrected chi connectivity index (χ4v) is 4.28. The van der Waals surface area contributed by atoms with Gasteiger partial charge in [-0.15, -0.1) is 0 Å². The molecule has 0 spiro atoms. The lowest BCUT2D eigenvalue weighted by Gasteiger charge is -2.25. The summed E-state index contributed by atoms with van der Waals surface area (Å²) < 4.78 is 2.05. The van der Waals surface area contributed by atoms with E-state index in [-0.39, 0.29) is 12.1 Å². The van der Waals surface area contributed by atoms with Crippen LogP contribution in [-0.2, 0) is 6.42 Å². The number of anilines is 2. The minimum atomic E-state index is -0.237. The van der Waals surface area contributed by atoms with Gasteiger partial charge in [-0.2, -0.15) is 5.10 Å². The molecule has 8 nitrogen and oxygen atoms in total. The summed E-state index contributed by atoms with van der Waals surface area (Å²) in [4.78, 5) is 14.1. The molecule has 0 bridgehead atoms. The van der Waals surface area contributed by atoms with E-state index in [1.165, 1.54) is 19.3 Å². The number of hydrogen-bond donors (Lipinski definition) is 3. The van der Waals surface area contributed by atoms with Crippen LogP contribution in [0, 0.1) is 0 Å². The summed E-state index contributed by atoms with van der Waals surface area (Å²) in [5.74, 6) is 1.16. The first kappa shape index (κ1) is 18.3.